The Morgan fingerprint density at radius 2 is 1.86 bits per heavy atom. The van der Waals surface area contributed by atoms with Crippen LogP contribution in [0.3, 0.4) is 0 Å². The van der Waals surface area contributed by atoms with Crippen molar-refractivity contribution in [1.82, 2.24) is 19.7 Å². The van der Waals surface area contributed by atoms with Gasteiger partial charge in [0.2, 0.25) is 0 Å². The van der Waals surface area contributed by atoms with E-state index in [-0.39, 0.29) is 0 Å². The largest absolute Gasteiger partial charge is 0.378 e. The highest BCUT2D eigenvalue weighted by molar-refractivity contribution is 5.71. The lowest BCUT2D eigenvalue weighted by Crippen LogP contribution is -2.56. The van der Waals surface area contributed by atoms with Gasteiger partial charge in [-0.25, -0.2) is 23.4 Å². The number of anilines is 1. The third-order valence-electron chi connectivity index (χ3n) is 7.90. The van der Waals surface area contributed by atoms with Crippen LogP contribution in [0.25, 0.3) is 11.2 Å². The molecular formula is C21H27F2N5O. The fraction of sp³-hybridized carbons (Fsp3) is 0.762. The van der Waals surface area contributed by atoms with Crippen molar-refractivity contribution >= 4 is 17.0 Å². The molecule has 0 amide bonds. The summed E-state index contributed by atoms with van der Waals surface area (Å²) in [6.07, 6.45) is 10.1. The molecule has 2 bridgehead atoms. The summed E-state index contributed by atoms with van der Waals surface area (Å²) >= 11 is 0. The van der Waals surface area contributed by atoms with Crippen LogP contribution < -0.4 is 4.90 Å². The van der Waals surface area contributed by atoms with E-state index in [0.717, 1.165) is 44.3 Å². The van der Waals surface area contributed by atoms with Gasteiger partial charge in [-0.2, -0.15) is 5.10 Å². The normalized spacial score (nSPS) is 30.4. The Labute approximate surface area is 168 Å². The maximum atomic E-state index is 12.8. The summed E-state index contributed by atoms with van der Waals surface area (Å²) in [4.78, 5) is 11.2. The molecule has 0 radical (unpaired) electrons. The monoisotopic (exact) mass is 403 g/mol. The van der Waals surface area contributed by atoms with E-state index in [0.29, 0.717) is 28.1 Å². The summed E-state index contributed by atoms with van der Waals surface area (Å²) in [5.74, 6) is 1.78. The van der Waals surface area contributed by atoms with Gasteiger partial charge in [-0.3, -0.25) is 0 Å². The summed E-state index contributed by atoms with van der Waals surface area (Å²) in [5.41, 5.74) is 2.00. The molecular weight excluding hydrogens is 376 g/mol. The van der Waals surface area contributed by atoms with Crippen molar-refractivity contribution in [2.45, 2.75) is 64.0 Å². The second-order valence-corrected chi connectivity index (χ2v) is 9.96. The Bertz CT molecular complexity index is 898. The molecule has 1 saturated heterocycles. The van der Waals surface area contributed by atoms with Crippen molar-refractivity contribution in [1.29, 1.82) is 0 Å². The lowest BCUT2D eigenvalue weighted by atomic mass is 9.45. The molecule has 0 atom stereocenters. The molecule has 5 fully saturated rings. The van der Waals surface area contributed by atoms with Crippen molar-refractivity contribution in [2.24, 2.45) is 16.7 Å². The molecule has 1 aliphatic heterocycles. The number of hydrogen-bond acceptors (Lipinski definition) is 5. The lowest BCUT2D eigenvalue weighted by Gasteiger charge is -2.62. The second-order valence-electron chi connectivity index (χ2n) is 9.96. The van der Waals surface area contributed by atoms with Crippen LogP contribution in [-0.2, 0) is 11.3 Å². The summed E-state index contributed by atoms with van der Waals surface area (Å²) in [6.45, 7) is 2.40. The number of nitrogens with zero attached hydrogens (tertiary/aromatic N) is 5. The first-order valence-electron chi connectivity index (χ1n) is 10.8. The minimum Gasteiger partial charge on any atom is -0.378 e. The molecule has 2 aromatic heterocycles. The molecule has 0 N–H and O–H groups in total. The molecule has 5 aliphatic rings. The molecule has 4 saturated carbocycles. The quantitative estimate of drug-likeness (QED) is 0.737. The van der Waals surface area contributed by atoms with Gasteiger partial charge in [0.15, 0.2) is 5.65 Å². The third-order valence-corrected chi connectivity index (χ3v) is 7.90. The van der Waals surface area contributed by atoms with Gasteiger partial charge < -0.3 is 9.64 Å². The molecule has 2 aromatic rings. The van der Waals surface area contributed by atoms with E-state index in [2.05, 4.69) is 20.0 Å². The van der Waals surface area contributed by atoms with Crippen LogP contribution in [0.1, 0.15) is 44.9 Å². The summed E-state index contributed by atoms with van der Waals surface area (Å²) in [5, 5.41) is 4.00. The number of rotatable bonds is 6. The van der Waals surface area contributed by atoms with Gasteiger partial charge in [0.05, 0.1) is 25.1 Å². The Morgan fingerprint density at radius 3 is 2.52 bits per heavy atom. The Kier molecular flexibility index (Phi) is 3.93. The molecule has 7 rings (SSSR count). The van der Waals surface area contributed by atoms with Gasteiger partial charge in [-0.15, -0.1) is 0 Å². The molecule has 0 aromatic carbocycles. The molecule has 29 heavy (non-hydrogen) atoms. The Balaban J connectivity index is 1.05. The summed E-state index contributed by atoms with van der Waals surface area (Å²) < 4.78 is 33.0. The van der Waals surface area contributed by atoms with Crippen LogP contribution >= 0.6 is 0 Å². The van der Waals surface area contributed by atoms with E-state index in [1.54, 1.807) is 6.20 Å². The zero-order chi connectivity index (χ0) is 19.6. The molecule has 4 aliphatic carbocycles. The van der Waals surface area contributed by atoms with Crippen LogP contribution in [0.4, 0.5) is 14.6 Å². The van der Waals surface area contributed by atoms with E-state index in [4.69, 9.17) is 4.74 Å². The smallest absolute Gasteiger partial charge is 0.258 e. The topological polar surface area (TPSA) is 56.1 Å². The van der Waals surface area contributed by atoms with Crippen molar-refractivity contribution in [3.63, 3.8) is 0 Å². The Morgan fingerprint density at radius 1 is 1.10 bits per heavy atom. The van der Waals surface area contributed by atoms with Gasteiger partial charge in [0, 0.05) is 13.1 Å². The molecule has 0 unspecified atom stereocenters. The maximum absolute atomic E-state index is 12.8. The van der Waals surface area contributed by atoms with Crippen molar-refractivity contribution in [3.05, 3.63) is 12.4 Å². The highest BCUT2D eigenvalue weighted by atomic mass is 19.3. The first-order valence-corrected chi connectivity index (χ1v) is 10.8. The standard InChI is InChI=1S/C21H27F2N5O/c22-17(23)12-28-19-16(10-25-28)24-11-18(26-19)27-3-1-20(2-4-27)8-15(9-20)29-13-21-5-14(6-21)7-21/h10-11,14-15,17H,1-9,12-13H2. The number of ether oxygens (including phenoxy) is 1. The van der Waals surface area contributed by atoms with Crippen LogP contribution in [0.5, 0.6) is 0 Å². The van der Waals surface area contributed by atoms with Crippen LogP contribution in [0.15, 0.2) is 12.4 Å². The number of fused-ring (bicyclic) bond motifs is 1. The van der Waals surface area contributed by atoms with Gasteiger partial charge in [0.25, 0.3) is 6.43 Å². The average molecular weight is 403 g/mol. The van der Waals surface area contributed by atoms with Crippen LogP contribution in [-0.4, -0.2) is 52.0 Å². The number of aromatic nitrogens is 4. The zero-order valence-corrected chi connectivity index (χ0v) is 16.6. The number of alkyl halides is 2. The van der Waals surface area contributed by atoms with Gasteiger partial charge in [0.1, 0.15) is 17.9 Å². The van der Waals surface area contributed by atoms with E-state index in [9.17, 15) is 8.78 Å². The molecule has 1 spiro atoms. The predicted molar refractivity (Wildman–Crippen MR) is 104 cm³/mol. The van der Waals surface area contributed by atoms with Crippen molar-refractivity contribution in [3.8, 4) is 0 Å². The molecule has 8 heteroatoms. The van der Waals surface area contributed by atoms with Crippen molar-refractivity contribution < 1.29 is 13.5 Å². The fourth-order valence-corrected chi connectivity index (χ4v) is 6.03. The van der Waals surface area contributed by atoms with Crippen LogP contribution in [0, 0.1) is 16.7 Å². The number of piperidine rings is 1. The summed E-state index contributed by atoms with van der Waals surface area (Å²) in [6, 6.07) is 0. The molecule has 3 heterocycles. The van der Waals surface area contributed by atoms with E-state index < -0.39 is 13.0 Å². The Hall–Kier alpha value is -1.83. The zero-order valence-electron chi connectivity index (χ0n) is 16.6. The van der Waals surface area contributed by atoms with Gasteiger partial charge in [-0.1, -0.05) is 0 Å². The average Bonchev–Trinajstić information content (AvgIpc) is 3.00. The van der Waals surface area contributed by atoms with E-state index in [1.165, 1.54) is 43.0 Å². The second kappa shape index (κ2) is 6.33. The molecule has 6 nitrogen and oxygen atoms in total. The van der Waals surface area contributed by atoms with Gasteiger partial charge in [-0.05, 0) is 61.7 Å². The predicted octanol–water partition coefficient (Wildman–Crippen LogP) is 3.66. The lowest BCUT2D eigenvalue weighted by molar-refractivity contribution is -0.192. The van der Waals surface area contributed by atoms with E-state index >= 15 is 0 Å². The minimum absolute atomic E-state index is 0.426. The SMILES string of the molecule is FC(F)Cn1ncc2ncc(N3CCC4(CC3)CC(OCC35CC(C3)C5)C4)nc21. The maximum Gasteiger partial charge on any atom is 0.258 e. The summed E-state index contributed by atoms with van der Waals surface area (Å²) in [7, 11) is 0. The van der Waals surface area contributed by atoms with Gasteiger partial charge >= 0.3 is 0 Å². The third kappa shape index (κ3) is 3.02. The van der Waals surface area contributed by atoms with Crippen LogP contribution in [0.2, 0.25) is 0 Å². The first kappa shape index (κ1) is 18.0. The highest BCUT2D eigenvalue weighted by Gasteiger charge is 2.57. The molecule has 156 valence electrons. The van der Waals surface area contributed by atoms with Crippen molar-refractivity contribution in [2.75, 3.05) is 24.6 Å². The first-order chi connectivity index (χ1) is 14.0. The fourth-order valence-electron chi connectivity index (χ4n) is 6.03. The van der Waals surface area contributed by atoms with E-state index in [1.807, 2.05) is 0 Å². The number of hydrogen-bond donors (Lipinski definition) is 0. The number of halogens is 2. The highest BCUT2D eigenvalue weighted by Crippen LogP contribution is 2.64. The minimum atomic E-state index is -2.46.